The first-order valence-corrected chi connectivity index (χ1v) is 4.97. The van der Waals surface area contributed by atoms with E-state index in [1.165, 1.54) is 6.42 Å². The van der Waals surface area contributed by atoms with Crippen molar-refractivity contribution in [2.45, 2.75) is 39.9 Å². The van der Waals surface area contributed by atoms with Crippen molar-refractivity contribution in [2.24, 2.45) is 11.8 Å². The smallest absolute Gasteiger partial charge is 0.159 e. The van der Waals surface area contributed by atoms with Crippen LogP contribution in [0.4, 0.5) is 0 Å². The molecular formula is C10H20O2. The van der Waals surface area contributed by atoms with E-state index in [1.807, 2.05) is 0 Å². The first-order valence-electron chi connectivity index (χ1n) is 4.97. The molecule has 72 valence electrons. The van der Waals surface area contributed by atoms with Gasteiger partial charge in [-0.15, -0.1) is 0 Å². The van der Waals surface area contributed by atoms with Crippen molar-refractivity contribution in [3.05, 3.63) is 0 Å². The van der Waals surface area contributed by atoms with Gasteiger partial charge in [-0.25, -0.2) is 0 Å². The Hall–Kier alpha value is -0.0800. The molecule has 1 heterocycles. The van der Waals surface area contributed by atoms with Gasteiger partial charge in [0.05, 0.1) is 13.2 Å². The quantitative estimate of drug-likeness (QED) is 0.637. The highest BCUT2D eigenvalue weighted by Gasteiger charge is 2.20. The Morgan fingerprint density at radius 2 is 2.08 bits per heavy atom. The molecular weight excluding hydrogens is 152 g/mol. The summed E-state index contributed by atoms with van der Waals surface area (Å²) in [5.74, 6) is 1.18. The highest BCUT2D eigenvalue weighted by molar-refractivity contribution is 4.62. The molecule has 0 N–H and O–H groups in total. The highest BCUT2D eigenvalue weighted by atomic mass is 16.7. The lowest BCUT2D eigenvalue weighted by atomic mass is 10.1. The van der Waals surface area contributed by atoms with Crippen LogP contribution in [0.5, 0.6) is 0 Å². The second-order valence-corrected chi connectivity index (χ2v) is 3.88. The van der Waals surface area contributed by atoms with Crippen LogP contribution in [0.15, 0.2) is 0 Å². The molecule has 0 bridgehead atoms. The monoisotopic (exact) mass is 172 g/mol. The van der Waals surface area contributed by atoms with Crippen LogP contribution < -0.4 is 0 Å². The maximum atomic E-state index is 5.65. The topological polar surface area (TPSA) is 18.5 Å². The van der Waals surface area contributed by atoms with Crippen LogP contribution in [-0.2, 0) is 9.47 Å². The number of rotatable bonds is 2. The van der Waals surface area contributed by atoms with Crippen molar-refractivity contribution in [1.29, 1.82) is 0 Å². The second kappa shape index (κ2) is 4.83. The molecule has 1 rings (SSSR count). The predicted molar refractivity (Wildman–Crippen MR) is 48.9 cm³/mol. The summed E-state index contributed by atoms with van der Waals surface area (Å²) in [6.07, 6.45) is 2.38. The van der Waals surface area contributed by atoms with Crippen LogP contribution in [0.2, 0.25) is 0 Å². The highest BCUT2D eigenvalue weighted by Crippen LogP contribution is 2.18. The molecule has 1 saturated heterocycles. The van der Waals surface area contributed by atoms with E-state index in [-0.39, 0.29) is 6.29 Å². The van der Waals surface area contributed by atoms with Gasteiger partial charge in [-0.05, 0) is 12.3 Å². The third-order valence-corrected chi connectivity index (χ3v) is 2.43. The Labute approximate surface area is 75.2 Å². The van der Waals surface area contributed by atoms with Crippen molar-refractivity contribution < 1.29 is 9.47 Å². The summed E-state index contributed by atoms with van der Waals surface area (Å²) < 4.78 is 11.2. The van der Waals surface area contributed by atoms with Gasteiger partial charge in [0.2, 0.25) is 0 Å². The fourth-order valence-electron chi connectivity index (χ4n) is 1.42. The molecule has 0 aromatic rings. The van der Waals surface area contributed by atoms with E-state index in [0.29, 0.717) is 11.8 Å². The normalized spacial score (nSPS) is 32.0. The van der Waals surface area contributed by atoms with E-state index in [2.05, 4.69) is 20.8 Å². The molecule has 0 aromatic carbocycles. The van der Waals surface area contributed by atoms with Crippen LogP contribution in [0.1, 0.15) is 33.6 Å². The number of ether oxygens (including phenoxy) is 2. The average Bonchev–Trinajstić information content (AvgIpc) is 2.28. The first-order chi connectivity index (χ1) is 5.74. The van der Waals surface area contributed by atoms with Crippen molar-refractivity contribution in [2.75, 3.05) is 13.2 Å². The Morgan fingerprint density at radius 3 is 2.67 bits per heavy atom. The van der Waals surface area contributed by atoms with Crippen LogP contribution in [0, 0.1) is 11.8 Å². The van der Waals surface area contributed by atoms with Gasteiger partial charge >= 0.3 is 0 Å². The molecule has 1 aliphatic heterocycles. The van der Waals surface area contributed by atoms with Crippen molar-refractivity contribution in [1.82, 2.24) is 0 Å². The van der Waals surface area contributed by atoms with Crippen LogP contribution in [0.25, 0.3) is 0 Å². The zero-order valence-electron chi connectivity index (χ0n) is 8.38. The average molecular weight is 172 g/mol. The molecule has 0 radical (unpaired) electrons. The fraction of sp³-hybridized carbons (Fsp3) is 1.00. The van der Waals surface area contributed by atoms with Crippen LogP contribution in [-0.4, -0.2) is 19.5 Å². The molecule has 1 fully saturated rings. The number of hydrogen-bond donors (Lipinski definition) is 0. The lowest BCUT2D eigenvalue weighted by Crippen LogP contribution is -2.22. The SMILES string of the molecule is CCC1CCOC(C(C)C)OC1. The summed E-state index contributed by atoms with van der Waals surface area (Å²) in [5.41, 5.74) is 0. The molecule has 1 aliphatic rings. The Bertz CT molecular complexity index is 123. The van der Waals surface area contributed by atoms with Gasteiger partial charge in [-0.3, -0.25) is 0 Å². The summed E-state index contributed by atoms with van der Waals surface area (Å²) in [7, 11) is 0. The van der Waals surface area contributed by atoms with Gasteiger partial charge < -0.3 is 9.47 Å². The standard InChI is InChI=1S/C10H20O2/c1-4-9-5-6-11-10(8(2)3)12-7-9/h8-10H,4-7H2,1-3H3. The second-order valence-electron chi connectivity index (χ2n) is 3.88. The molecule has 0 aliphatic carbocycles. The summed E-state index contributed by atoms with van der Waals surface area (Å²) in [6, 6.07) is 0. The molecule has 0 aromatic heterocycles. The maximum absolute atomic E-state index is 5.65. The van der Waals surface area contributed by atoms with Crippen molar-refractivity contribution in [3.8, 4) is 0 Å². The van der Waals surface area contributed by atoms with Crippen molar-refractivity contribution in [3.63, 3.8) is 0 Å². The fourth-order valence-corrected chi connectivity index (χ4v) is 1.42. The van der Waals surface area contributed by atoms with E-state index in [4.69, 9.17) is 9.47 Å². The molecule has 2 atom stereocenters. The first kappa shape index (κ1) is 10.0. The molecule has 2 unspecified atom stereocenters. The third-order valence-electron chi connectivity index (χ3n) is 2.43. The minimum Gasteiger partial charge on any atom is -0.352 e. The van der Waals surface area contributed by atoms with E-state index in [0.717, 1.165) is 19.6 Å². The van der Waals surface area contributed by atoms with E-state index in [9.17, 15) is 0 Å². The lowest BCUT2D eigenvalue weighted by molar-refractivity contribution is -0.153. The number of hydrogen-bond acceptors (Lipinski definition) is 2. The van der Waals surface area contributed by atoms with Gasteiger partial charge in [0.1, 0.15) is 0 Å². The largest absolute Gasteiger partial charge is 0.352 e. The van der Waals surface area contributed by atoms with Crippen LogP contribution >= 0.6 is 0 Å². The van der Waals surface area contributed by atoms with E-state index in [1.54, 1.807) is 0 Å². The molecule has 2 heteroatoms. The van der Waals surface area contributed by atoms with Gasteiger partial charge in [-0.2, -0.15) is 0 Å². The van der Waals surface area contributed by atoms with Crippen LogP contribution in [0.3, 0.4) is 0 Å². The van der Waals surface area contributed by atoms with Gasteiger partial charge in [0.15, 0.2) is 6.29 Å². The van der Waals surface area contributed by atoms with Crippen molar-refractivity contribution >= 4 is 0 Å². The van der Waals surface area contributed by atoms with Gasteiger partial charge in [0.25, 0.3) is 0 Å². The van der Waals surface area contributed by atoms with Gasteiger partial charge in [0, 0.05) is 5.92 Å². The zero-order valence-corrected chi connectivity index (χ0v) is 8.38. The molecule has 12 heavy (non-hydrogen) atoms. The summed E-state index contributed by atoms with van der Waals surface area (Å²) >= 11 is 0. The maximum Gasteiger partial charge on any atom is 0.159 e. The summed E-state index contributed by atoms with van der Waals surface area (Å²) in [5, 5.41) is 0. The zero-order chi connectivity index (χ0) is 8.97. The Kier molecular flexibility index (Phi) is 4.02. The lowest BCUT2D eigenvalue weighted by Gasteiger charge is -2.19. The van der Waals surface area contributed by atoms with E-state index >= 15 is 0 Å². The Morgan fingerprint density at radius 1 is 1.33 bits per heavy atom. The predicted octanol–water partition coefficient (Wildman–Crippen LogP) is 2.43. The minimum atomic E-state index is 0.0292. The molecule has 0 saturated carbocycles. The summed E-state index contributed by atoms with van der Waals surface area (Å²) in [4.78, 5) is 0. The Balaban J connectivity index is 2.34. The third kappa shape index (κ3) is 2.76. The van der Waals surface area contributed by atoms with Gasteiger partial charge in [-0.1, -0.05) is 27.2 Å². The summed E-state index contributed by atoms with van der Waals surface area (Å²) in [6.45, 7) is 8.22. The van der Waals surface area contributed by atoms with E-state index < -0.39 is 0 Å². The molecule has 0 spiro atoms. The molecule has 0 amide bonds. The molecule has 2 nitrogen and oxygen atoms in total. The minimum absolute atomic E-state index is 0.0292.